The second-order valence-electron chi connectivity index (χ2n) is 4.48. The van der Waals surface area contributed by atoms with E-state index in [1.165, 1.54) is 16.9 Å². The molecular weight excluding hydrogens is 232 g/mol. The predicted molar refractivity (Wildman–Crippen MR) is 69.1 cm³/mol. The zero-order valence-electron chi connectivity index (χ0n) is 9.82. The normalized spacial score (nSPS) is 11.1. The van der Waals surface area contributed by atoms with Crippen LogP contribution in [-0.2, 0) is 5.41 Å². The average Bonchev–Trinajstić information content (AvgIpc) is 2.98. The third-order valence-electron chi connectivity index (χ3n) is 2.68. The van der Waals surface area contributed by atoms with Gasteiger partial charge in [-0.15, -0.1) is 0 Å². The molecule has 0 bridgehead atoms. The maximum Gasteiger partial charge on any atom is 0.183 e. The summed E-state index contributed by atoms with van der Waals surface area (Å²) in [6.45, 7) is 5.12. The van der Waals surface area contributed by atoms with E-state index < -0.39 is 0 Å². The van der Waals surface area contributed by atoms with Crippen LogP contribution in [0.25, 0.3) is 0 Å². The van der Waals surface area contributed by atoms with Gasteiger partial charge in [-0.3, -0.25) is 0 Å². The van der Waals surface area contributed by atoms with Gasteiger partial charge in [0.15, 0.2) is 5.13 Å². The summed E-state index contributed by atoms with van der Waals surface area (Å²) < 4.78 is 0. The van der Waals surface area contributed by atoms with Gasteiger partial charge in [0.05, 0.1) is 6.20 Å². The standard InChI is InChI=1S/C12H14N4S/c1-12(2,9-3-4-14-6-9)8-16-11-15-7-10(5-13)17-11/h3-4,6-7,14H,8H2,1-2H3,(H,15,16). The van der Waals surface area contributed by atoms with Crippen LogP contribution in [0, 0.1) is 11.3 Å². The van der Waals surface area contributed by atoms with Gasteiger partial charge in [0.1, 0.15) is 10.9 Å². The highest BCUT2D eigenvalue weighted by Gasteiger charge is 2.21. The van der Waals surface area contributed by atoms with E-state index in [1.807, 2.05) is 12.4 Å². The van der Waals surface area contributed by atoms with Crippen LogP contribution < -0.4 is 5.32 Å². The molecule has 2 heterocycles. The number of hydrogen-bond acceptors (Lipinski definition) is 4. The Kier molecular flexibility index (Phi) is 3.16. The molecule has 0 aromatic carbocycles. The lowest BCUT2D eigenvalue weighted by atomic mass is 9.86. The molecule has 88 valence electrons. The number of nitrogens with zero attached hydrogens (tertiary/aromatic N) is 2. The third-order valence-corrected chi connectivity index (χ3v) is 3.54. The maximum absolute atomic E-state index is 8.72. The van der Waals surface area contributed by atoms with Gasteiger partial charge in [-0.2, -0.15) is 5.26 Å². The highest BCUT2D eigenvalue weighted by molar-refractivity contribution is 7.16. The largest absolute Gasteiger partial charge is 0.367 e. The number of hydrogen-bond donors (Lipinski definition) is 2. The number of thiazole rings is 1. The van der Waals surface area contributed by atoms with E-state index in [0.717, 1.165) is 11.7 Å². The zero-order chi connectivity index (χ0) is 12.3. The third kappa shape index (κ3) is 2.66. The Morgan fingerprint density at radius 1 is 1.59 bits per heavy atom. The van der Waals surface area contributed by atoms with Crippen LogP contribution in [0.1, 0.15) is 24.3 Å². The highest BCUT2D eigenvalue weighted by Crippen LogP contribution is 2.24. The first-order valence-corrected chi connectivity index (χ1v) is 6.16. The lowest BCUT2D eigenvalue weighted by Gasteiger charge is -2.23. The molecule has 4 nitrogen and oxygen atoms in total. The van der Waals surface area contributed by atoms with Gasteiger partial charge in [0.2, 0.25) is 0 Å². The Morgan fingerprint density at radius 3 is 3.00 bits per heavy atom. The number of aromatic nitrogens is 2. The first kappa shape index (κ1) is 11.7. The van der Waals surface area contributed by atoms with Crippen LogP contribution >= 0.6 is 11.3 Å². The molecule has 2 N–H and O–H groups in total. The fraction of sp³-hybridized carbons (Fsp3) is 0.333. The summed E-state index contributed by atoms with van der Waals surface area (Å²) in [5.41, 5.74) is 1.28. The van der Waals surface area contributed by atoms with Crippen molar-refractivity contribution in [3.05, 3.63) is 35.1 Å². The minimum absolute atomic E-state index is 0.0263. The van der Waals surface area contributed by atoms with Gasteiger partial charge in [0.25, 0.3) is 0 Å². The Hall–Kier alpha value is -1.80. The van der Waals surface area contributed by atoms with Crippen molar-refractivity contribution >= 4 is 16.5 Å². The Labute approximate surface area is 104 Å². The molecule has 2 aromatic heterocycles. The molecule has 0 amide bonds. The number of H-pyrrole nitrogens is 1. The van der Waals surface area contributed by atoms with E-state index in [0.29, 0.717) is 4.88 Å². The van der Waals surface area contributed by atoms with Crippen LogP contribution in [0.3, 0.4) is 0 Å². The number of rotatable bonds is 4. The van der Waals surface area contributed by atoms with Crippen molar-refractivity contribution in [2.24, 2.45) is 0 Å². The van der Waals surface area contributed by atoms with Gasteiger partial charge in [-0.25, -0.2) is 4.98 Å². The maximum atomic E-state index is 8.72. The molecule has 2 rings (SSSR count). The second kappa shape index (κ2) is 4.60. The van der Waals surface area contributed by atoms with Crippen molar-refractivity contribution in [2.75, 3.05) is 11.9 Å². The van der Waals surface area contributed by atoms with E-state index in [1.54, 1.807) is 6.20 Å². The van der Waals surface area contributed by atoms with Crippen molar-refractivity contribution in [3.63, 3.8) is 0 Å². The fourth-order valence-electron chi connectivity index (χ4n) is 1.55. The molecule has 0 unspecified atom stereocenters. The number of aromatic amines is 1. The molecule has 0 atom stereocenters. The quantitative estimate of drug-likeness (QED) is 0.871. The average molecular weight is 246 g/mol. The molecule has 2 aromatic rings. The molecular formula is C12H14N4S. The Balaban J connectivity index is 2.00. The molecule has 0 aliphatic carbocycles. The van der Waals surface area contributed by atoms with E-state index >= 15 is 0 Å². The van der Waals surface area contributed by atoms with Crippen LogP contribution in [0.15, 0.2) is 24.7 Å². The fourth-order valence-corrected chi connectivity index (χ4v) is 2.16. The van der Waals surface area contributed by atoms with Crippen molar-refractivity contribution in [3.8, 4) is 6.07 Å². The van der Waals surface area contributed by atoms with Crippen LogP contribution in [0.2, 0.25) is 0 Å². The molecule has 0 saturated carbocycles. The highest BCUT2D eigenvalue weighted by atomic mass is 32.1. The van der Waals surface area contributed by atoms with Gasteiger partial charge in [-0.05, 0) is 11.6 Å². The SMILES string of the molecule is CC(C)(CNc1ncc(C#N)s1)c1cc[nH]c1. The van der Waals surface area contributed by atoms with Crippen molar-refractivity contribution < 1.29 is 0 Å². The summed E-state index contributed by atoms with van der Waals surface area (Å²) in [4.78, 5) is 7.84. The van der Waals surface area contributed by atoms with E-state index in [9.17, 15) is 0 Å². The molecule has 0 saturated heterocycles. The zero-order valence-corrected chi connectivity index (χ0v) is 10.6. The summed E-state index contributed by atoms with van der Waals surface area (Å²) in [5, 5.41) is 12.8. The summed E-state index contributed by atoms with van der Waals surface area (Å²) in [7, 11) is 0. The van der Waals surface area contributed by atoms with E-state index in [-0.39, 0.29) is 5.41 Å². The van der Waals surface area contributed by atoms with E-state index in [4.69, 9.17) is 5.26 Å². The molecule has 0 radical (unpaired) electrons. The summed E-state index contributed by atoms with van der Waals surface area (Å²) in [6.07, 6.45) is 5.52. The van der Waals surface area contributed by atoms with Gasteiger partial charge in [-0.1, -0.05) is 25.2 Å². The molecule has 17 heavy (non-hydrogen) atoms. The van der Waals surface area contributed by atoms with Crippen molar-refractivity contribution in [2.45, 2.75) is 19.3 Å². The molecule has 0 aliphatic heterocycles. The first-order chi connectivity index (χ1) is 8.12. The smallest absolute Gasteiger partial charge is 0.183 e. The monoisotopic (exact) mass is 246 g/mol. The van der Waals surface area contributed by atoms with Crippen LogP contribution in [-0.4, -0.2) is 16.5 Å². The molecule has 0 fully saturated rings. The molecule has 0 aliphatic rings. The summed E-state index contributed by atoms with van der Waals surface area (Å²) in [6, 6.07) is 4.16. The number of anilines is 1. The van der Waals surface area contributed by atoms with Gasteiger partial charge < -0.3 is 10.3 Å². The minimum atomic E-state index is 0.0263. The number of nitriles is 1. The first-order valence-electron chi connectivity index (χ1n) is 5.35. The van der Waals surface area contributed by atoms with Crippen LogP contribution in [0.5, 0.6) is 0 Å². The van der Waals surface area contributed by atoms with Gasteiger partial charge in [0, 0.05) is 24.4 Å². The Bertz CT molecular complexity index is 519. The van der Waals surface area contributed by atoms with Gasteiger partial charge >= 0.3 is 0 Å². The van der Waals surface area contributed by atoms with E-state index in [2.05, 4.69) is 41.3 Å². The predicted octanol–water partition coefficient (Wildman–Crippen LogP) is 2.73. The summed E-state index contributed by atoms with van der Waals surface area (Å²) >= 11 is 1.38. The lowest BCUT2D eigenvalue weighted by molar-refractivity contribution is 0.558. The van der Waals surface area contributed by atoms with Crippen LogP contribution in [0.4, 0.5) is 5.13 Å². The lowest BCUT2D eigenvalue weighted by Crippen LogP contribution is -2.27. The number of nitrogens with one attached hydrogen (secondary N) is 2. The van der Waals surface area contributed by atoms with Crippen molar-refractivity contribution in [1.82, 2.24) is 9.97 Å². The van der Waals surface area contributed by atoms with Crippen molar-refractivity contribution in [1.29, 1.82) is 5.26 Å². The second-order valence-corrected chi connectivity index (χ2v) is 5.51. The summed E-state index contributed by atoms with van der Waals surface area (Å²) in [5.74, 6) is 0. The Morgan fingerprint density at radius 2 is 2.41 bits per heavy atom. The topological polar surface area (TPSA) is 64.5 Å². The minimum Gasteiger partial charge on any atom is -0.367 e. The molecule has 0 spiro atoms. The molecule has 5 heteroatoms.